The number of hydrogen-bond donors (Lipinski definition) is 1. The molecule has 1 amide bonds. The van der Waals surface area contributed by atoms with Crippen molar-refractivity contribution >= 4 is 12.1 Å². The van der Waals surface area contributed by atoms with Crippen LogP contribution in [0, 0.1) is 6.92 Å². The number of benzene rings is 1. The van der Waals surface area contributed by atoms with Gasteiger partial charge in [-0.2, -0.15) is 5.10 Å². The van der Waals surface area contributed by atoms with Crippen LogP contribution in [0.2, 0.25) is 0 Å². The molecule has 0 aliphatic carbocycles. The van der Waals surface area contributed by atoms with Crippen LogP contribution < -0.4 is 14.9 Å². The first-order chi connectivity index (χ1) is 10.1. The first-order valence-corrected chi connectivity index (χ1v) is 6.26. The number of aryl methyl sites for hydroxylation is 1. The van der Waals surface area contributed by atoms with Crippen LogP contribution in [0.5, 0.6) is 11.5 Å². The Morgan fingerprint density at radius 3 is 2.57 bits per heavy atom. The molecule has 110 valence electrons. The maximum atomic E-state index is 11.7. The van der Waals surface area contributed by atoms with Crippen LogP contribution in [0.3, 0.4) is 0 Å². The molecule has 6 nitrogen and oxygen atoms in total. The van der Waals surface area contributed by atoms with E-state index in [4.69, 9.17) is 13.9 Å². The minimum Gasteiger partial charge on any atom is -0.493 e. The standard InChI is InChI=1S/C15H16N2O4/c1-10-4-6-13(21-10)15(18)17-16-9-11-5-7-12(19-2)14(8-11)20-3/h4-9H,1-3H3,(H,17,18). The third kappa shape index (κ3) is 3.62. The van der Waals surface area contributed by atoms with Gasteiger partial charge in [-0.25, -0.2) is 5.43 Å². The van der Waals surface area contributed by atoms with Crippen LogP contribution in [0.4, 0.5) is 0 Å². The molecule has 0 saturated carbocycles. The van der Waals surface area contributed by atoms with Crippen molar-refractivity contribution in [3.05, 3.63) is 47.4 Å². The molecule has 1 aromatic carbocycles. The number of nitrogens with one attached hydrogen (secondary N) is 1. The second-order valence-corrected chi connectivity index (χ2v) is 4.22. The van der Waals surface area contributed by atoms with E-state index in [2.05, 4.69) is 10.5 Å². The number of ether oxygens (including phenoxy) is 2. The zero-order chi connectivity index (χ0) is 15.2. The Labute approximate surface area is 122 Å². The van der Waals surface area contributed by atoms with Crippen molar-refractivity contribution in [2.45, 2.75) is 6.92 Å². The molecule has 0 fully saturated rings. The van der Waals surface area contributed by atoms with Gasteiger partial charge in [-0.1, -0.05) is 0 Å². The van der Waals surface area contributed by atoms with Gasteiger partial charge in [0.05, 0.1) is 20.4 Å². The van der Waals surface area contributed by atoms with Crippen LogP contribution in [0.15, 0.2) is 39.9 Å². The molecule has 2 aromatic rings. The van der Waals surface area contributed by atoms with Crippen LogP contribution in [-0.2, 0) is 0 Å². The lowest BCUT2D eigenvalue weighted by molar-refractivity contribution is 0.0926. The molecule has 1 N–H and O–H groups in total. The van der Waals surface area contributed by atoms with Gasteiger partial charge in [0.2, 0.25) is 0 Å². The van der Waals surface area contributed by atoms with Crippen molar-refractivity contribution in [1.82, 2.24) is 5.43 Å². The fourth-order valence-electron chi connectivity index (χ4n) is 1.71. The molecule has 0 aliphatic heterocycles. The molecule has 1 heterocycles. The van der Waals surface area contributed by atoms with Crippen molar-refractivity contribution in [3.8, 4) is 11.5 Å². The largest absolute Gasteiger partial charge is 0.493 e. The van der Waals surface area contributed by atoms with Crippen molar-refractivity contribution in [3.63, 3.8) is 0 Å². The SMILES string of the molecule is COc1ccc(C=NNC(=O)c2ccc(C)o2)cc1OC. The molecule has 2 rings (SSSR count). The summed E-state index contributed by atoms with van der Waals surface area (Å²) >= 11 is 0. The number of hydrazone groups is 1. The maximum Gasteiger partial charge on any atom is 0.307 e. The minimum atomic E-state index is -0.403. The molecule has 0 bridgehead atoms. The molecular formula is C15H16N2O4. The Balaban J connectivity index is 2.03. The predicted octanol–water partition coefficient (Wildman–Crippen LogP) is 2.37. The van der Waals surface area contributed by atoms with Crippen molar-refractivity contribution in [1.29, 1.82) is 0 Å². The highest BCUT2D eigenvalue weighted by atomic mass is 16.5. The summed E-state index contributed by atoms with van der Waals surface area (Å²) in [6, 6.07) is 8.63. The Kier molecular flexibility index (Phi) is 4.61. The second-order valence-electron chi connectivity index (χ2n) is 4.22. The minimum absolute atomic E-state index is 0.219. The molecule has 0 saturated heterocycles. The summed E-state index contributed by atoms with van der Waals surface area (Å²) in [6.07, 6.45) is 1.51. The summed E-state index contributed by atoms with van der Waals surface area (Å²) in [5.41, 5.74) is 3.16. The number of nitrogens with zero attached hydrogens (tertiary/aromatic N) is 1. The fraction of sp³-hybridized carbons (Fsp3) is 0.200. The van der Waals surface area contributed by atoms with E-state index in [1.54, 1.807) is 51.5 Å². The number of hydrogen-bond acceptors (Lipinski definition) is 5. The molecule has 0 unspecified atom stereocenters. The Bertz CT molecular complexity index is 661. The third-order valence-corrected chi connectivity index (χ3v) is 2.75. The summed E-state index contributed by atoms with van der Waals surface area (Å²) in [5, 5.41) is 3.88. The average Bonchev–Trinajstić information content (AvgIpc) is 2.93. The van der Waals surface area contributed by atoms with Gasteiger partial charge < -0.3 is 13.9 Å². The first kappa shape index (κ1) is 14.6. The molecule has 1 aromatic heterocycles. The summed E-state index contributed by atoms with van der Waals surface area (Å²) in [6.45, 7) is 1.77. The number of carbonyl (C=O) groups excluding carboxylic acids is 1. The number of carbonyl (C=O) groups is 1. The quantitative estimate of drug-likeness (QED) is 0.677. The zero-order valence-electron chi connectivity index (χ0n) is 12.0. The fourth-order valence-corrected chi connectivity index (χ4v) is 1.71. The molecular weight excluding hydrogens is 272 g/mol. The van der Waals surface area contributed by atoms with Gasteiger partial charge in [-0.3, -0.25) is 4.79 Å². The van der Waals surface area contributed by atoms with Crippen LogP contribution in [0.25, 0.3) is 0 Å². The lowest BCUT2D eigenvalue weighted by Gasteiger charge is -2.07. The Hall–Kier alpha value is -2.76. The molecule has 21 heavy (non-hydrogen) atoms. The van der Waals surface area contributed by atoms with Gasteiger partial charge >= 0.3 is 5.91 Å². The van der Waals surface area contributed by atoms with E-state index >= 15 is 0 Å². The molecule has 0 aliphatic rings. The van der Waals surface area contributed by atoms with E-state index in [0.717, 1.165) is 5.56 Å². The summed E-state index contributed by atoms with van der Waals surface area (Å²) in [5.74, 6) is 1.71. The van der Waals surface area contributed by atoms with Gasteiger partial charge in [0, 0.05) is 0 Å². The van der Waals surface area contributed by atoms with E-state index in [9.17, 15) is 4.79 Å². The third-order valence-electron chi connectivity index (χ3n) is 2.75. The topological polar surface area (TPSA) is 73.1 Å². The molecule has 0 spiro atoms. The van der Waals surface area contributed by atoms with Crippen LogP contribution >= 0.6 is 0 Å². The van der Waals surface area contributed by atoms with Gasteiger partial charge in [0.1, 0.15) is 5.76 Å². The van der Waals surface area contributed by atoms with Crippen LogP contribution in [-0.4, -0.2) is 26.3 Å². The Morgan fingerprint density at radius 2 is 1.95 bits per heavy atom. The molecule has 0 atom stereocenters. The highest BCUT2D eigenvalue weighted by Crippen LogP contribution is 2.26. The normalized spacial score (nSPS) is 10.6. The number of amides is 1. The molecule has 6 heteroatoms. The van der Waals surface area contributed by atoms with Gasteiger partial charge in [-0.15, -0.1) is 0 Å². The number of methoxy groups -OCH3 is 2. The van der Waals surface area contributed by atoms with E-state index in [1.807, 2.05) is 0 Å². The average molecular weight is 288 g/mol. The van der Waals surface area contributed by atoms with E-state index in [0.29, 0.717) is 17.3 Å². The first-order valence-electron chi connectivity index (χ1n) is 6.26. The zero-order valence-corrected chi connectivity index (χ0v) is 12.0. The highest BCUT2D eigenvalue weighted by Gasteiger charge is 2.08. The van der Waals surface area contributed by atoms with E-state index in [1.165, 1.54) is 6.21 Å². The second kappa shape index (κ2) is 6.60. The van der Waals surface area contributed by atoms with Crippen LogP contribution in [0.1, 0.15) is 21.9 Å². The lowest BCUT2D eigenvalue weighted by Crippen LogP contribution is -2.16. The van der Waals surface area contributed by atoms with Crippen molar-refractivity contribution < 1.29 is 18.7 Å². The number of furan rings is 1. The van der Waals surface area contributed by atoms with Gasteiger partial charge in [0.25, 0.3) is 0 Å². The van der Waals surface area contributed by atoms with Crippen molar-refractivity contribution in [2.24, 2.45) is 5.10 Å². The summed E-state index contributed by atoms with van der Waals surface area (Å²) in [4.78, 5) is 11.7. The number of rotatable bonds is 5. The van der Waals surface area contributed by atoms with E-state index < -0.39 is 5.91 Å². The highest BCUT2D eigenvalue weighted by molar-refractivity contribution is 5.92. The van der Waals surface area contributed by atoms with Gasteiger partial charge in [-0.05, 0) is 42.8 Å². The van der Waals surface area contributed by atoms with Crippen molar-refractivity contribution in [2.75, 3.05) is 14.2 Å². The Morgan fingerprint density at radius 1 is 1.19 bits per heavy atom. The predicted molar refractivity (Wildman–Crippen MR) is 78.1 cm³/mol. The summed E-state index contributed by atoms with van der Waals surface area (Å²) < 4.78 is 15.5. The lowest BCUT2D eigenvalue weighted by atomic mass is 10.2. The molecule has 0 radical (unpaired) electrons. The van der Waals surface area contributed by atoms with Gasteiger partial charge in [0.15, 0.2) is 17.3 Å². The smallest absolute Gasteiger partial charge is 0.307 e. The summed E-state index contributed by atoms with van der Waals surface area (Å²) in [7, 11) is 3.12. The maximum absolute atomic E-state index is 11.7. The van der Waals surface area contributed by atoms with E-state index in [-0.39, 0.29) is 5.76 Å². The monoisotopic (exact) mass is 288 g/mol.